The normalized spacial score (nSPS) is 12.4. The number of carbonyl (C=O) groups excluding carboxylic acids is 1. The van der Waals surface area contributed by atoms with Crippen molar-refractivity contribution in [1.29, 1.82) is 0 Å². The second kappa shape index (κ2) is 8.74. The van der Waals surface area contributed by atoms with Gasteiger partial charge in [0.2, 0.25) is 0 Å². The molecule has 0 aliphatic heterocycles. The number of carbonyl (C=O) groups is 1. The van der Waals surface area contributed by atoms with Crippen LogP contribution in [-0.2, 0) is 4.79 Å². The zero-order chi connectivity index (χ0) is 10.8. The molecule has 80 valence electrons. The van der Waals surface area contributed by atoms with Crippen molar-refractivity contribution < 1.29 is 4.79 Å². The van der Waals surface area contributed by atoms with Crippen LogP contribution in [0.15, 0.2) is 23.8 Å². The van der Waals surface area contributed by atoms with E-state index in [1.165, 1.54) is 12.0 Å². The fourth-order valence-electron chi connectivity index (χ4n) is 1.29. The molecule has 14 heavy (non-hydrogen) atoms. The lowest BCUT2D eigenvalue weighted by atomic mass is 10.1. The minimum absolute atomic E-state index is 0.281. The lowest BCUT2D eigenvalue weighted by Crippen LogP contribution is -1.87. The number of hydrogen-bond donors (Lipinski definition) is 0. The third-order valence-electron chi connectivity index (χ3n) is 2.17. The van der Waals surface area contributed by atoms with Crippen LogP contribution in [0.4, 0.5) is 0 Å². The van der Waals surface area contributed by atoms with E-state index in [0.717, 1.165) is 19.3 Å². The highest BCUT2D eigenvalue weighted by atomic mass is 16.1. The minimum atomic E-state index is 0.281. The van der Waals surface area contributed by atoms with Crippen LogP contribution in [0.3, 0.4) is 0 Å². The Morgan fingerprint density at radius 1 is 1.14 bits per heavy atom. The van der Waals surface area contributed by atoms with Crippen molar-refractivity contribution in [2.24, 2.45) is 0 Å². The van der Waals surface area contributed by atoms with Crippen molar-refractivity contribution in [2.45, 2.75) is 52.9 Å². The van der Waals surface area contributed by atoms with Crippen LogP contribution in [0, 0.1) is 0 Å². The average Bonchev–Trinajstić information content (AvgIpc) is 2.12. The largest absolute Gasteiger partial charge is 0.300 e. The van der Waals surface area contributed by atoms with Crippen molar-refractivity contribution in [2.75, 3.05) is 0 Å². The van der Waals surface area contributed by atoms with Crippen molar-refractivity contribution in [1.82, 2.24) is 0 Å². The second-order valence-corrected chi connectivity index (χ2v) is 3.75. The number of unbranched alkanes of at least 4 members (excludes halogenated alkanes) is 1. The van der Waals surface area contributed by atoms with Gasteiger partial charge < -0.3 is 4.79 Å². The van der Waals surface area contributed by atoms with Gasteiger partial charge in [-0.15, -0.1) is 0 Å². The van der Waals surface area contributed by atoms with E-state index < -0.39 is 0 Å². The maximum atomic E-state index is 10.7. The van der Waals surface area contributed by atoms with Gasteiger partial charge in [-0.2, -0.15) is 0 Å². The van der Waals surface area contributed by atoms with Gasteiger partial charge >= 0.3 is 0 Å². The van der Waals surface area contributed by atoms with Gasteiger partial charge in [0.1, 0.15) is 5.78 Å². The molecule has 0 aromatic carbocycles. The molecule has 1 nitrogen and oxygen atoms in total. The van der Waals surface area contributed by atoms with Crippen LogP contribution >= 0.6 is 0 Å². The van der Waals surface area contributed by atoms with Crippen molar-refractivity contribution in [3.8, 4) is 0 Å². The highest BCUT2D eigenvalue weighted by Crippen LogP contribution is 2.08. The molecular weight excluding hydrogens is 172 g/mol. The van der Waals surface area contributed by atoms with Crippen LogP contribution in [0.25, 0.3) is 0 Å². The lowest BCUT2D eigenvalue weighted by molar-refractivity contribution is -0.116. The van der Waals surface area contributed by atoms with E-state index in [4.69, 9.17) is 0 Å². The van der Waals surface area contributed by atoms with Crippen molar-refractivity contribution >= 4 is 5.78 Å². The highest BCUT2D eigenvalue weighted by molar-refractivity contribution is 5.75. The molecular formula is C13H22O. The summed E-state index contributed by atoms with van der Waals surface area (Å²) in [7, 11) is 0. The summed E-state index contributed by atoms with van der Waals surface area (Å²) in [6.45, 7) is 5.85. The van der Waals surface area contributed by atoms with Crippen LogP contribution in [0.5, 0.6) is 0 Å². The van der Waals surface area contributed by atoms with Crippen LogP contribution in [0.2, 0.25) is 0 Å². The predicted octanol–water partition coefficient (Wildman–Crippen LogP) is 4.05. The summed E-state index contributed by atoms with van der Waals surface area (Å²) in [5, 5.41) is 0. The molecule has 0 fully saturated rings. The van der Waals surface area contributed by atoms with Crippen molar-refractivity contribution in [3.05, 3.63) is 23.8 Å². The Bertz CT molecular complexity index is 211. The molecule has 0 heterocycles. The standard InChI is InChI=1S/C13H22O/c1-4-5-6-7-9-12(2)10-8-11-13(3)14/h4-5,10H,6-9,11H2,1-3H3/b5-4+,12-10+. The van der Waals surface area contributed by atoms with Crippen LogP contribution in [-0.4, -0.2) is 5.78 Å². The first-order valence-corrected chi connectivity index (χ1v) is 5.43. The van der Waals surface area contributed by atoms with Crippen molar-refractivity contribution in [3.63, 3.8) is 0 Å². The Labute approximate surface area is 87.9 Å². The molecule has 0 spiro atoms. The first-order chi connectivity index (χ1) is 6.66. The Morgan fingerprint density at radius 2 is 1.86 bits per heavy atom. The SMILES string of the molecule is C/C=C/CCC/C(C)=C/CCC(C)=O. The molecule has 0 aromatic heterocycles. The number of Topliss-reactive ketones (excluding diaryl/α,β-unsaturated/α-hetero) is 1. The summed E-state index contributed by atoms with van der Waals surface area (Å²) in [4.78, 5) is 10.7. The predicted molar refractivity (Wildman–Crippen MR) is 62.3 cm³/mol. The van der Waals surface area contributed by atoms with E-state index in [9.17, 15) is 4.79 Å². The van der Waals surface area contributed by atoms with Gasteiger partial charge in [0.15, 0.2) is 0 Å². The molecule has 0 amide bonds. The zero-order valence-electron chi connectivity index (χ0n) is 9.68. The number of hydrogen-bond acceptors (Lipinski definition) is 1. The Kier molecular flexibility index (Phi) is 8.20. The zero-order valence-corrected chi connectivity index (χ0v) is 9.68. The van der Waals surface area contributed by atoms with Gasteiger partial charge in [-0.1, -0.05) is 23.8 Å². The van der Waals surface area contributed by atoms with Gasteiger partial charge in [0, 0.05) is 6.42 Å². The molecule has 0 atom stereocenters. The monoisotopic (exact) mass is 194 g/mol. The van der Waals surface area contributed by atoms with Gasteiger partial charge in [0.25, 0.3) is 0 Å². The molecule has 0 rings (SSSR count). The second-order valence-electron chi connectivity index (χ2n) is 3.75. The third-order valence-corrected chi connectivity index (χ3v) is 2.17. The summed E-state index contributed by atoms with van der Waals surface area (Å²) in [5.74, 6) is 0.281. The molecule has 0 radical (unpaired) electrons. The van der Waals surface area contributed by atoms with Gasteiger partial charge in [-0.25, -0.2) is 0 Å². The van der Waals surface area contributed by atoms with Crippen LogP contribution < -0.4 is 0 Å². The van der Waals surface area contributed by atoms with E-state index >= 15 is 0 Å². The van der Waals surface area contributed by atoms with E-state index in [1.54, 1.807) is 6.92 Å². The first kappa shape index (κ1) is 13.2. The van der Waals surface area contributed by atoms with E-state index in [-0.39, 0.29) is 5.78 Å². The summed E-state index contributed by atoms with van der Waals surface area (Å²) in [6, 6.07) is 0. The summed E-state index contributed by atoms with van der Waals surface area (Å²) >= 11 is 0. The van der Waals surface area contributed by atoms with E-state index in [2.05, 4.69) is 32.1 Å². The van der Waals surface area contributed by atoms with Gasteiger partial charge in [-0.3, -0.25) is 0 Å². The smallest absolute Gasteiger partial charge is 0.130 e. The molecule has 0 aromatic rings. The maximum Gasteiger partial charge on any atom is 0.130 e. The summed E-state index contributed by atoms with van der Waals surface area (Å²) < 4.78 is 0. The molecule has 0 N–H and O–H groups in total. The average molecular weight is 194 g/mol. The topological polar surface area (TPSA) is 17.1 Å². The molecule has 0 aliphatic rings. The van der Waals surface area contributed by atoms with Crippen LogP contribution in [0.1, 0.15) is 52.9 Å². The number of rotatable bonds is 7. The fourth-order valence-corrected chi connectivity index (χ4v) is 1.29. The maximum absolute atomic E-state index is 10.7. The quantitative estimate of drug-likeness (QED) is 0.441. The van der Waals surface area contributed by atoms with E-state index in [0.29, 0.717) is 6.42 Å². The molecule has 1 heteroatoms. The van der Waals surface area contributed by atoms with Gasteiger partial charge in [-0.05, 0) is 46.5 Å². The lowest BCUT2D eigenvalue weighted by Gasteiger charge is -1.99. The Morgan fingerprint density at radius 3 is 2.43 bits per heavy atom. The number of ketones is 1. The van der Waals surface area contributed by atoms with E-state index in [1.807, 2.05) is 0 Å². The number of allylic oxidation sites excluding steroid dienone is 4. The third kappa shape index (κ3) is 9.24. The summed E-state index contributed by atoms with van der Waals surface area (Å²) in [5.41, 5.74) is 1.41. The first-order valence-electron chi connectivity index (χ1n) is 5.43. The minimum Gasteiger partial charge on any atom is -0.300 e. The Balaban J connectivity index is 3.51. The van der Waals surface area contributed by atoms with Gasteiger partial charge in [0.05, 0.1) is 0 Å². The highest BCUT2D eigenvalue weighted by Gasteiger charge is 1.92. The Hall–Kier alpha value is -0.850. The molecule has 0 unspecified atom stereocenters. The molecule has 0 aliphatic carbocycles. The molecule has 0 bridgehead atoms. The molecule has 0 saturated heterocycles. The fraction of sp³-hybridized carbons (Fsp3) is 0.615. The molecule has 0 saturated carbocycles. The summed E-state index contributed by atoms with van der Waals surface area (Å²) in [6.07, 6.45) is 11.6.